The molecule has 8 nitrogen and oxygen atoms in total. The Bertz CT molecular complexity index is 448. The van der Waals surface area contributed by atoms with Crippen LogP contribution in [0.3, 0.4) is 0 Å². The molecule has 2 N–H and O–H groups in total. The maximum atomic E-state index is 5.40. The summed E-state index contributed by atoms with van der Waals surface area (Å²) < 4.78 is 15.5. The summed E-state index contributed by atoms with van der Waals surface area (Å²) in [4.78, 5) is 8.51. The first-order chi connectivity index (χ1) is 11.2. The van der Waals surface area contributed by atoms with Gasteiger partial charge in [-0.15, -0.1) is 0 Å². The third kappa shape index (κ3) is 8.51. The molecule has 8 heteroatoms. The molecule has 0 aromatic carbocycles. The second-order valence-electron chi connectivity index (χ2n) is 5.34. The van der Waals surface area contributed by atoms with Crippen LogP contribution in [0.5, 0.6) is 0 Å². The van der Waals surface area contributed by atoms with Gasteiger partial charge in [-0.25, -0.2) is 0 Å². The Hall–Kier alpha value is -1.67. The summed E-state index contributed by atoms with van der Waals surface area (Å²) >= 11 is 0. The van der Waals surface area contributed by atoms with Gasteiger partial charge in [0.2, 0.25) is 5.89 Å². The molecule has 0 aliphatic rings. The number of hydrogen-bond donors (Lipinski definition) is 2. The molecule has 0 unspecified atom stereocenters. The quantitative estimate of drug-likeness (QED) is 0.355. The second-order valence-corrected chi connectivity index (χ2v) is 5.34. The SMILES string of the molecule is CN=C(NCCCOCCOC)NCCc1nc(C(C)C)no1. The van der Waals surface area contributed by atoms with E-state index in [2.05, 4.69) is 25.8 Å². The van der Waals surface area contributed by atoms with Crippen molar-refractivity contribution < 1.29 is 14.0 Å². The van der Waals surface area contributed by atoms with Crippen molar-refractivity contribution in [1.82, 2.24) is 20.8 Å². The van der Waals surface area contributed by atoms with Crippen LogP contribution in [-0.4, -0.2) is 63.2 Å². The highest BCUT2D eigenvalue weighted by atomic mass is 16.5. The van der Waals surface area contributed by atoms with Crippen molar-refractivity contribution in [3.8, 4) is 0 Å². The van der Waals surface area contributed by atoms with Crippen molar-refractivity contribution in [2.24, 2.45) is 4.99 Å². The summed E-state index contributed by atoms with van der Waals surface area (Å²) in [5, 5.41) is 10.4. The van der Waals surface area contributed by atoms with Crippen LogP contribution >= 0.6 is 0 Å². The van der Waals surface area contributed by atoms with E-state index < -0.39 is 0 Å². The van der Waals surface area contributed by atoms with Gasteiger partial charge in [-0.1, -0.05) is 19.0 Å². The van der Waals surface area contributed by atoms with Gasteiger partial charge >= 0.3 is 0 Å². The van der Waals surface area contributed by atoms with Gasteiger partial charge < -0.3 is 24.6 Å². The molecule has 0 bridgehead atoms. The average molecular weight is 327 g/mol. The maximum Gasteiger partial charge on any atom is 0.228 e. The third-order valence-electron chi connectivity index (χ3n) is 3.04. The van der Waals surface area contributed by atoms with Crippen molar-refractivity contribution >= 4 is 5.96 Å². The van der Waals surface area contributed by atoms with E-state index in [9.17, 15) is 0 Å². The second kappa shape index (κ2) is 11.8. The normalized spacial score (nSPS) is 12.0. The molecular formula is C15H29N5O3. The molecule has 1 rings (SSSR count). The highest BCUT2D eigenvalue weighted by Crippen LogP contribution is 2.09. The zero-order chi connectivity index (χ0) is 16.9. The minimum atomic E-state index is 0.279. The zero-order valence-corrected chi connectivity index (χ0v) is 14.6. The Labute approximate surface area is 138 Å². The van der Waals surface area contributed by atoms with Crippen LogP contribution in [0, 0.1) is 0 Å². The van der Waals surface area contributed by atoms with Gasteiger partial charge in [0.25, 0.3) is 0 Å². The number of methoxy groups -OCH3 is 1. The molecule has 0 saturated heterocycles. The number of hydrogen-bond acceptors (Lipinski definition) is 6. The molecule has 1 aromatic rings. The molecule has 0 amide bonds. The van der Waals surface area contributed by atoms with E-state index >= 15 is 0 Å². The first-order valence-electron chi connectivity index (χ1n) is 8.01. The molecule has 0 atom stereocenters. The summed E-state index contributed by atoms with van der Waals surface area (Å²) in [5.41, 5.74) is 0. The van der Waals surface area contributed by atoms with Gasteiger partial charge in [0.05, 0.1) is 13.2 Å². The molecule has 132 valence electrons. The van der Waals surface area contributed by atoms with Crippen molar-refractivity contribution in [1.29, 1.82) is 0 Å². The molecule has 0 saturated carbocycles. The topological polar surface area (TPSA) is 93.8 Å². The summed E-state index contributed by atoms with van der Waals surface area (Å²) in [7, 11) is 3.41. The number of ether oxygens (including phenoxy) is 2. The lowest BCUT2D eigenvalue weighted by molar-refractivity contribution is 0.0698. The van der Waals surface area contributed by atoms with Crippen LogP contribution < -0.4 is 10.6 Å². The van der Waals surface area contributed by atoms with Crippen LogP contribution in [0.4, 0.5) is 0 Å². The monoisotopic (exact) mass is 327 g/mol. The molecule has 0 aliphatic heterocycles. The molecule has 0 spiro atoms. The number of aliphatic imine (C=N–C) groups is 1. The summed E-state index contributed by atoms with van der Waals surface area (Å²) in [6.07, 6.45) is 1.58. The summed E-state index contributed by atoms with van der Waals surface area (Å²) in [5.74, 6) is 2.42. The first-order valence-corrected chi connectivity index (χ1v) is 8.01. The van der Waals surface area contributed by atoms with Crippen LogP contribution in [0.25, 0.3) is 0 Å². The smallest absolute Gasteiger partial charge is 0.228 e. The van der Waals surface area contributed by atoms with E-state index in [1.807, 2.05) is 13.8 Å². The maximum absolute atomic E-state index is 5.40. The van der Waals surface area contributed by atoms with Crippen LogP contribution in [0.2, 0.25) is 0 Å². The van der Waals surface area contributed by atoms with Gasteiger partial charge in [-0.05, 0) is 6.42 Å². The molecular weight excluding hydrogens is 298 g/mol. The first kappa shape index (κ1) is 19.4. The summed E-state index contributed by atoms with van der Waals surface area (Å²) in [6, 6.07) is 0. The van der Waals surface area contributed by atoms with E-state index in [1.54, 1.807) is 14.2 Å². The lowest BCUT2D eigenvalue weighted by atomic mass is 10.2. The molecule has 1 heterocycles. The fraction of sp³-hybridized carbons (Fsp3) is 0.800. The molecule has 0 aliphatic carbocycles. The van der Waals surface area contributed by atoms with Gasteiger partial charge in [0, 0.05) is 46.2 Å². The molecule has 0 radical (unpaired) electrons. The van der Waals surface area contributed by atoms with E-state index in [-0.39, 0.29) is 5.92 Å². The largest absolute Gasteiger partial charge is 0.382 e. The Morgan fingerprint density at radius 3 is 2.65 bits per heavy atom. The Balaban J connectivity index is 2.11. The van der Waals surface area contributed by atoms with Gasteiger partial charge in [-0.3, -0.25) is 4.99 Å². The van der Waals surface area contributed by atoms with Crippen molar-refractivity contribution in [3.05, 3.63) is 11.7 Å². The van der Waals surface area contributed by atoms with Crippen LogP contribution in [0.1, 0.15) is 37.9 Å². The van der Waals surface area contributed by atoms with Gasteiger partial charge in [-0.2, -0.15) is 4.98 Å². The predicted molar refractivity (Wildman–Crippen MR) is 88.8 cm³/mol. The predicted octanol–water partition coefficient (Wildman–Crippen LogP) is 0.954. The van der Waals surface area contributed by atoms with E-state index in [0.29, 0.717) is 38.7 Å². The van der Waals surface area contributed by atoms with E-state index in [4.69, 9.17) is 14.0 Å². The highest BCUT2D eigenvalue weighted by Gasteiger charge is 2.09. The van der Waals surface area contributed by atoms with Gasteiger partial charge in [0.1, 0.15) is 0 Å². The van der Waals surface area contributed by atoms with Crippen LogP contribution in [0.15, 0.2) is 9.52 Å². The Morgan fingerprint density at radius 1 is 1.22 bits per heavy atom. The van der Waals surface area contributed by atoms with Crippen molar-refractivity contribution in [3.63, 3.8) is 0 Å². The van der Waals surface area contributed by atoms with E-state index in [1.165, 1.54) is 0 Å². The standard InChI is InChI=1S/C15H29N5O3/c1-12(2)14-19-13(23-20-14)6-8-18-15(16-3)17-7-5-9-22-11-10-21-4/h12H,5-11H2,1-4H3,(H2,16,17,18). The minimum absolute atomic E-state index is 0.279. The third-order valence-corrected chi connectivity index (χ3v) is 3.04. The van der Waals surface area contributed by atoms with E-state index in [0.717, 1.165) is 24.7 Å². The number of aromatic nitrogens is 2. The number of guanidine groups is 1. The molecule has 23 heavy (non-hydrogen) atoms. The molecule has 1 aromatic heterocycles. The van der Waals surface area contributed by atoms with Crippen LogP contribution in [-0.2, 0) is 15.9 Å². The number of nitrogens with zero attached hydrogens (tertiary/aromatic N) is 3. The number of nitrogens with one attached hydrogen (secondary N) is 2. The fourth-order valence-electron chi connectivity index (χ4n) is 1.74. The Kier molecular flexibility index (Phi) is 9.97. The lowest BCUT2D eigenvalue weighted by Gasteiger charge is -2.11. The molecule has 0 fully saturated rings. The lowest BCUT2D eigenvalue weighted by Crippen LogP contribution is -2.39. The Morgan fingerprint density at radius 2 is 2.00 bits per heavy atom. The summed E-state index contributed by atoms with van der Waals surface area (Å²) in [6.45, 7) is 7.52. The van der Waals surface area contributed by atoms with Gasteiger partial charge in [0.15, 0.2) is 11.8 Å². The average Bonchev–Trinajstić information content (AvgIpc) is 3.01. The number of rotatable bonds is 11. The fourth-order valence-corrected chi connectivity index (χ4v) is 1.74. The van der Waals surface area contributed by atoms with Crippen molar-refractivity contribution in [2.45, 2.75) is 32.6 Å². The highest BCUT2D eigenvalue weighted by molar-refractivity contribution is 5.79. The minimum Gasteiger partial charge on any atom is -0.382 e. The zero-order valence-electron chi connectivity index (χ0n) is 14.6. The van der Waals surface area contributed by atoms with Crippen molar-refractivity contribution in [2.75, 3.05) is 47.1 Å².